The summed E-state index contributed by atoms with van der Waals surface area (Å²) in [7, 11) is 0. The van der Waals surface area contributed by atoms with Crippen LogP contribution in [0.15, 0.2) is 18.2 Å². The summed E-state index contributed by atoms with van der Waals surface area (Å²) in [6.45, 7) is 6.91. The Kier molecular flexibility index (Phi) is 4.63. The molecule has 15 heavy (non-hydrogen) atoms. The monoisotopic (exact) mass is 207 g/mol. The lowest BCUT2D eigenvalue weighted by molar-refractivity contribution is 0.285. The van der Waals surface area contributed by atoms with Crippen LogP contribution in [0, 0.1) is 6.92 Å². The molecule has 0 radical (unpaired) electrons. The first kappa shape index (κ1) is 12.1. The summed E-state index contributed by atoms with van der Waals surface area (Å²) in [5.41, 5.74) is 8.36. The molecule has 1 unspecified atom stereocenters. The lowest BCUT2D eigenvalue weighted by Gasteiger charge is -2.12. The summed E-state index contributed by atoms with van der Waals surface area (Å²) in [6, 6.07) is 6.47. The predicted octanol–water partition coefficient (Wildman–Crippen LogP) is 2.67. The van der Waals surface area contributed by atoms with Crippen LogP contribution in [0.2, 0.25) is 0 Å². The molecule has 0 spiro atoms. The Morgan fingerprint density at radius 1 is 1.27 bits per heavy atom. The number of ether oxygens (including phenoxy) is 1. The van der Waals surface area contributed by atoms with Gasteiger partial charge in [0.15, 0.2) is 0 Å². The normalized spacial score (nSPS) is 12.5. The maximum atomic E-state index is 5.80. The Bertz CT molecular complexity index is 309. The molecule has 0 aliphatic heterocycles. The van der Waals surface area contributed by atoms with Gasteiger partial charge in [-0.1, -0.05) is 19.9 Å². The topological polar surface area (TPSA) is 35.2 Å². The van der Waals surface area contributed by atoms with Gasteiger partial charge in [-0.2, -0.15) is 0 Å². The molecule has 0 saturated heterocycles. The third-order valence-electron chi connectivity index (χ3n) is 2.51. The highest BCUT2D eigenvalue weighted by molar-refractivity contribution is 5.33. The Hall–Kier alpha value is -1.02. The second-order valence-electron chi connectivity index (χ2n) is 3.99. The molecule has 2 N–H and O–H groups in total. The molecule has 0 aliphatic rings. The van der Waals surface area contributed by atoms with E-state index < -0.39 is 0 Å². The zero-order valence-corrected chi connectivity index (χ0v) is 9.92. The largest absolute Gasteiger partial charge is 0.492 e. The van der Waals surface area contributed by atoms with Crippen LogP contribution in [-0.2, 0) is 6.42 Å². The molecule has 2 heteroatoms. The van der Waals surface area contributed by atoms with E-state index in [0.29, 0.717) is 6.61 Å². The molecule has 0 saturated carbocycles. The van der Waals surface area contributed by atoms with Crippen molar-refractivity contribution in [3.63, 3.8) is 0 Å². The van der Waals surface area contributed by atoms with Crippen LogP contribution >= 0.6 is 0 Å². The molecule has 0 heterocycles. The quantitative estimate of drug-likeness (QED) is 0.805. The molecule has 0 fully saturated rings. The summed E-state index contributed by atoms with van der Waals surface area (Å²) in [6.07, 6.45) is 1.99. The molecule has 0 aromatic heterocycles. The average molecular weight is 207 g/mol. The SMILES string of the molecule is CCc1cc(C)cc(OCC(N)CC)c1. The van der Waals surface area contributed by atoms with Crippen molar-refractivity contribution in [1.82, 2.24) is 0 Å². The van der Waals surface area contributed by atoms with Crippen LogP contribution in [0.3, 0.4) is 0 Å². The standard InChI is InChI=1S/C13H21NO/c1-4-11-6-10(3)7-13(8-11)15-9-12(14)5-2/h6-8,12H,4-5,9,14H2,1-3H3. The van der Waals surface area contributed by atoms with Crippen molar-refractivity contribution in [3.8, 4) is 5.75 Å². The number of hydrogen-bond acceptors (Lipinski definition) is 2. The van der Waals surface area contributed by atoms with Crippen molar-refractivity contribution < 1.29 is 4.74 Å². The molecular weight excluding hydrogens is 186 g/mol. The van der Waals surface area contributed by atoms with E-state index in [1.165, 1.54) is 11.1 Å². The molecule has 1 rings (SSSR count). The maximum Gasteiger partial charge on any atom is 0.119 e. The molecule has 84 valence electrons. The van der Waals surface area contributed by atoms with Gasteiger partial charge in [-0.3, -0.25) is 0 Å². The number of rotatable bonds is 5. The summed E-state index contributed by atoms with van der Waals surface area (Å²) in [5, 5.41) is 0. The smallest absolute Gasteiger partial charge is 0.119 e. The molecule has 0 aliphatic carbocycles. The summed E-state index contributed by atoms with van der Waals surface area (Å²) in [5.74, 6) is 0.941. The van der Waals surface area contributed by atoms with Gasteiger partial charge in [0.1, 0.15) is 12.4 Å². The van der Waals surface area contributed by atoms with E-state index in [4.69, 9.17) is 10.5 Å². The zero-order valence-electron chi connectivity index (χ0n) is 9.92. The van der Waals surface area contributed by atoms with Crippen molar-refractivity contribution >= 4 is 0 Å². The van der Waals surface area contributed by atoms with Crippen molar-refractivity contribution in [1.29, 1.82) is 0 Å². The molecule has 1 aromatic carbocycles. The zero-order chi connectivity index (χ0) is 11.3. The first-order chi connectivity index (χ1) is 7.15. The highest BCUT2D eigenvalue weighted by Crippen LogP contribution is 2.17. The summed E-state index contributed by atoms with van der Waals surface area (Å²) < 4.78 is 5.66. The van der Waals surface area contributed by atoms with Gasteiger partial charge >= 0.3 is 0 Å². The second kappa shape index (κ2) is 5.76. The summed E-state index contributed by atoms with van der Waals surface area (Å²) >= 11 is 0. The fourth-order valence-corrected chi connectivity index (χ4v) is 1.43. The lowest BCUT2D eigenvalue weighted by Crippen LogP contribution is -2.26. The van der Waals surface area contributed by atoms with Crippen molar-refractivity contribution in [2.45, 2.75) is 39.7 Å². The van der Waals surface area contributed by atoms with Gasteiger partial charge in [-0.25, -0.2) is 0 Å². The Labute approximate surface area is 92.4 Å². The fraction of sp³-hybridized carbons (Fsp3) is 0.538. The Morgan fingerprint density at radius 3 is 2.60 bits per heavy atom. The number of aryl methyl sites for hydroxylation is 2. The van der Waals surface area contributed by atoms with E-state index in [1.54, 1.807) is 0 Å². The van der Waals surface area contributed by atoms with Gasteiger partial charge < -0.3 is 10.5 Å². The second-order valence-corrected chi connectivity index (χ2v) is 3.99. The predicted molar refractivity (Wildman–Crippen MR) is 64.3 cm³/mol. The van der Waals surface area contributed by atoms with E-state index in [2.05, 4.69) is 39.0 Å². The van der Waals surface area contributed by atoms with Crippen LogP contribution in [-0.4, -0.2) is 12.6 Å². The average Bonchev–Trinajstić information content (AvgIpc) is 2.25. The van der Waals surface area contributed by atoms with Gasteiger partial charge in [0.25, 0.3) is 0 Å². The molecular formula is C13H21NO. The number of benzene rings is 1. The van der Waals surface area contributed by atoms with E-state index in [1.807, 2.05) is 0 Å². The van der Waals surface area contributed by atoms with E-state index in [9.17, 15) is 0 Å². The van der Waals surface area contributed by atoms with Crippen molar-refractivity contribution in [2.24, 2.45) is 5.73 Å². The fourth-order valence-electron chi connectivity index (χ4n) is 1.43. The maximum absolute atomic E-state index is 5.80. The van der Waals surface area contributed by atoms with Gasteiger partial charge in [0, 0.05) is 6.04 Å². The van der Waals surface area contributed by atoms with Crippen LogP contribution < -0.4 is 10.5 Å². The minimum atomic E-state index is 0.135. The van der Waals surface area contributed by atoms with Crippen LogP contribution in [0.4, 0.5) is 0 Å². The van der Waals surface area contributed by atoms with Crippen molar-refractivity contribution in [3.05, 3.63) is 29.3 Å². The minimum Gasteiger partial charge on any atom is -0.492 e. The molecule has 2 nitrogen and oxygen atoms in total. The van der Waals surface area contributed by atoms with Crippen molar-refractivity contribution in [2.75, 3.05) is 6.61 Å². The molecule has 1 atom stereocenters. The Morgan fingerprint density at radius 2 is 2.00 bits per heavy atom. The third-order valence-corrected chi connectivity index (χ3v) is 2.51. The van der Waals surface area contributed by atoms with Crippen LogP contribution in [0.5, 0.6) is 5.75 Å². The molecule has 0 amide bonds. The minimum absolute atomic E-state index is 0.135. The third kappa shape index (κ3) is 3.92. The molecule has 0 bridgehead atoms. The van der Waals surface area contributed by atoms with Crippen LogP contribution in [0.1, 0.15) is 31.4 Å². The number of hydrogen-bond donors (Lipinski definition) is 1. The highest BCUT2D eigenvalue weighted by Gasteiger charge is 2.02. The van der Waals surface area contributed by atoms with E-state index in [-0.39, 0.29) is 6.04 Å². The number of nitrogens with two attached hydrogens (primary N) is 1. The lowest BCUT2D eigenvalue weighted by atomic mass is 10.1. The van der Waals surface area contributed by atoms with Crippen LogP contribution in [0.25, 0.3) is 0 Å². The summed E-state index contributed by atoms with van der Waals surface area (Å²) in [4.78, 5) is 0. The highest BCUT2D eigenvalue weighted by atomic mass is 16.5. The van der Waals surface area contributed by atoms with Gasteiger partial charge in [-0.15, -0.1) is 0 Å². The van der Waals surface area contributed by atoms with Gasteiger partial charge in [-0.05, 0) is 43.0 Å². The van der Waals surface area contributed by atoms with E-state index >= 15 is 0 Å². The Balaban J connectivity index is 2.64. The van der Waals surface area contributed by atoms with Gasteiger partial charge in [0.2, 0.25) is 0 Å². The first-order valence-electron chi connectivity index (χ1n) is 5.64. The van der Waals surface area contributed by atoms with Gasteiger partial charge in [0.05, 0.1) is 0 Å². The van der Waals surface area contributed by atoms with E-state index in [0.717, 1.165) is 18.6 Å². The first-order valence-corrected chi connectivity index (χ1v) is 5.64. The molecule has 1 aromatic rings.